The van der Waals surface area contributed by atoms with E-state index in [0.29, 0.717) is 18.4 Å². The molecule has 0 spiro atoms. The van der Waals surface area contributed by atoms with Crippen LogP contribution in [0.4, 0.5) is 0 Å². The van der Waals surface area contributed by atoms with Gasteiger partial charge in [0, 0.05) is 33.9 Å². The third-order valence-electron chi connectivity index (χ3n) is 4.07. The third-order valence-corrected chi connectivity index (χ3v) is 5.08. The van der Waals surface area contributed by atoms with E-state index in [1.54, 1.807) is 11.3 Å². The molecule has 2 atom stereocenters. The van der Waals surface area contributed by atoms with Crippen molar-refractivity contribution in [1.29, 1.82) is 0 Å². The van der Waals surface area contributed by atoms with E-state index < -0.39 is 0 Å². The van der Waals surface area contributed by atoms with Crippen molar-refractivity contribution in [3.63, 3.8) is 0 Å². The molecule has 2 N–H and O–H groups in total. The van der Waals surface area contributed by atoms with E-state index in [-0.39, 0.29) is 5.91 Å². The van der Waals surface area contributed by atoms with Gasteiger partial charge in [-0.25, -0.2) is 0 Å². The van der Waals surface area contributed by atoms with Gasteiger partial charge in [-0.1, -0.05) is 24.3 Å². The van der Waals surface area contributed by atoms with E-state index in [2.05, 4.69) is 33.9 Å². The molecule has 21 heavy (non-hydrogen) atoms. The summed E-state index contributed by atoms with van der Waals surface area (Å²) in [5, 5.41) is 6.38. The first-order valence-corrected chi connectivity index (χ1v) is 8.07. The van der Waals surface area contributed by atoms with Gasteiger partial charge in [-0.2, -0.15) is 0 Å². The number of rotatable bonds is 4. The summed E-state index contributed by atoms with van der Waals surface area (Å²) < 4.78 is 0. The van der Waals surface area contributed by atoms with Crippen molar-refractivity contribution in [2.45, 2.75) is 24.8 Å². The van der Waals surface area contributed by atoms with Crippen LogP contribution in [-0.4, -0.2) is 16.9 Å². The number of H-pyrrole nitrogens is 1. The first-order valence-electron chi connectivity index (χ1n) is 7.19. The maximum Gasteiger partial charge on any atom is 0.224 e. The average Bonchev–Trinajstić information content (AvgIpc) is 2.93. The van der Waals surface area contributed by atoms with Gasteiger partial charge in [-0.15, -0.1) is 11.3 Å². The molecule has 1 amide bonds. The first kappa shape index (κ1) is 12.7. The highest BCUT2D eigenvalue weighted by Gasteiger charge is 2.40. The molecule has 1 fully saturated rings. The minimum absolute atomic E-state index is 0.115. The molecule has 2 heterocycles. The lowest BCUT2D eigenvalue weighted by Crippen LogP contribution is -2.27. The molecule has 4 heteroatoms. The second-order valence-corrected chi connectivity index (χ2v) is 6.55. The van der Waals surface area contributed by atoms with Crippen LogP contribution in [0.2, 0.25) is 0 Å². The van der Waals surface area contributed by atoms with Crippen molar-refractivity contribution in [1.82, 2.24) is 10.3 Å². The van der Waals surface area contributed by atoms with Crippen LogP contribution in [0, 0.1) is 0 Å². The van der Waals surface area contributed by atoms with Crippen molar-refractivity contribution in [2.24, 2.45) is 0 Å². The highest BCUT2D eigenvalue weighted by Crippen LogP contribution is 2.42. The first-order chi connectivity index (χ1) is 10.3. The van der Waals surface area contributed by atoms with E-state index in [1.165, 1.54) is 4.88 Å². The predicted octanol–water partition coefficient (Wildman–Crippen LogP) is 3.44. The maximum absolute atomic E-state index is 12.2. The zero-order chi connectivity index (χ0) is 14.2. The van der Waals surface area contributed by atoms with Crippen LogP contribution in [0.1, 0.15) is 22.8 Å². The Kier molecular flexibility index (Phi) is 3.04. The molecule has 0 aliphatic heterocycles. The number of carbonyl (C=O) groups is 1. The smallest absolute Gasteiger partial charge is 0.224 e. The zero-order valence-corrected chi connectivity index (χ0v) is 12.3. The second kappa shape index (κ2) is 5.04. The Morgan fingerprint density at radius 2 is 2.19 bits per heavy atom. The van der Waals surface area contributed by atoms with E-state index in [0.717, 1.165) is 22.9 Å². The van der Waals surface area contributed by atoms with Gasteiger partial charge >= 0.3 is 0 Å². The number of fused-ring (bicyclic) bond motifs is 1. The number of hydrogen-bond donors (Lipinski definition) is 2. The maximum atomic E-state index is 12.2. The molecule has 2 aromatic heterocycles. The van der Waals surface area contributed by atoms with Crippen molar-refractivity contribution < 1.29 is 4.79 Å². The summed E-state index contributed by atoms with van der Waals surface area (Å²) in [5.41, 5.74) is 2.15. The van der Waals surface area contributed by atoms with Gasteiger partial charge in [0.25, 0.3) is 0 Å². The number of nitrogens with one attached hydrogen (secondary N) is 2. The predicted molar refractivity (Wildman–Crippen MR) is 85.6 cm³/mol. The fraction of sp³-hybridized carbons (Fsp3) is 0.235. The summed E-state index contributed by atoms with van der Waals surface area (Å²) in [6, 6.07) is 12.6. The van der Waals surface area contributed by atoms with Crippen molar-refractivity contribution in [2.75, 3.05) is 0 Å². The van der Waals surface area contributed by atoms with Crippen LogP contribution < -0.4 is 5.32 Å². The number of para-hydroxylation sites is 1. The van der Waals surface area contributed by atoms with Gasteiger partial charge in [0.1, 0.15) is 0 Å². The molecule has 4 rings (SSSR count). The Balaban J connectivity index is 1.41. The standard InChI is InChI=1S/C17H16N2OS/c20-17(19-15-9-13(15)16-6-3-7-21-16)8-11-10-18-14-5-2-1-4-12(11)14/h1-7,10,13,15,18H,8-9H2,(H,19,20). The molecule has 1 aromatic carbocycles. The summed E-state index contributed by atoms with van der Waals surface area (Å²) in [7, 11) is 0. The Labute approximate surface area is 127 Å². The second-order valence-electron chi connectivity index (χ2n) is 5.57. The number of carbonyl (C=O) groups excluding carboxylic acids is 1. The molecule has 3 nitrogen and oxygen atoms in total. The van der Waals surface area contributed by atoms with Crippen LogP contribution in [0.3, 0.4) is 0 Å². The minimum atomic E-state index is 0.115. The van der Waals surface area contributed by atoms with E-state index in [4.69, 9.17) is 0 Å². The number of amides is 1. The molecule has 1 aliphatic carbocycles. The molecule has 0 radical (unpaired) electrons. The number of benzene rings is 1. The molecular weight excluding hydrogens is 280 g/mol. The van der Waals surface area contributed by atoms with Crippen LogP contribution in [-0.2, 0) is 11.2 Å². The lowest BCUT2D eigenvalue weighted by Gasteiger charge is -2.03. The number of thiophene rings is 1. The van der Waals surface area contributed by atoms with Gasteiger partial charge < -0.3 is 10.3 Å². The van der Waals surface area contributed by atoms with Gasteiger partial charge in [0.05, 0.1) is 6.42 Å². The monoisotopic (exact) mass is 296 g/mol. The summed E-state index contributed by atoms with van der Waals surface area (Å²) in [4.78, 5) is 16.8. The normalized spacial score (nSPS) is 20.6. The summed E-state index contributed by atoms with van der Waals surface area (Å²) in [5.74, 6) is 0.640. The molecule has 1 saturated carbocycles. The Hall–Kier alpha value is -2.07. The lowest BCUT2D eigenvalue weighted by atomic mass is 10.1. The van der Waals surface area contributed by atoms with Gasteiger partial charge in [-0.3, -0.25) is 4.79 Å². The van der Waals surface area contributed by atoms with E-state index >= 15 is 0 Å². The summed E-state index contributed by atoms with van der Waals surface area (Å²) >= 11 is 1.78. The fourth-order valence-electron chi connectivity index (χ4n) is 2.88. The van der Waals surface area contributed by atoms with E-state index in [9.17, 15) is 4.79 Å². The van der Waals surface area contributed by atoms with Gasteiger partial charge in [0.2, 0.25) is 5.91 Å². The quantitative estimate of drug-likeness (QED) is 0.761. The van der Waals surface area contributed by atoms with Crippen LogP contribution >= 0.6 is 11.3 Å². The molecule has 1 aliphatic rings. The summed E-state index contributed by atoms with van der Waals surface area (Å²) in [6.07, 6.45) is 3.45. The number of aromatic nitrogens is 1. The Morgan fingerprint density at radius 1 is 1.29 bits per heavy atom. The van der Waals surface area contributed by atoms with Crippen molar-refractivity contribution in [3.05, 3.63) is 58.4 Å². The lowest BCUT2D eigenvalue weighted by molar-refractivity contribution is -0.120. The molecule has 106 valence electrons. The van der Waals surface area contributed by atoms with Crippen LogP contribution in [0.5, 0.6) is 0 Å². The molecule has 0 bridgehead atoms. The Bertz CT molecular complexity index is 775. The highest BCUT2D eigenvalue weighted by molar-refractivity contribution is 7.10. The van der Waals surface area contributed by atoms with E-state index in [1.807, 2.05) is 24.4 Å². The van der Waals surface area contributed by atoms with Crippen molar-refractivity contribution >= 4 is 28.1 Å². The highest BCUT2D eigenvalue weighted by atomic mass is 32.1. The third kappa shape index (κ3) is 2.47. The van der Waals surface area contributed by atoms with Gasteiger partial charge in [0.15, 0.2) is 0 Å². The molecule has 3 aromatic rings. The summed E-state index contributed by atoms with van der Waals surface area (Å²) in [6.45, 7) is 0. The number of hydrogen-bond acceptors (Lipinski definition) is 2. The van der Waals surface area contributed by atoms with Crippen molar-refractivity contribution in [3.8, 4) is 0 Å². The minimum Gasteiger partial charge on any atom is -0.361 e. The van der Waals surface area contributed by atoms with Gasteiger partial charge in [-0.05, 0) is 29.5 Å². The Morgan fingerprint density at radius 3 is 3.05 bits per heavy atom. The van der Waals surface area contributed by atoms with Crippen LogP contribution in [0.15, 0.2) is 48.0 Å². The average molecular weight is 296 g/mol. The number of aromatic amines is 1. The zero-order valence-electron chi connectivity index (χ0n) is 11.5. The SMILES string of the molecule is O=C(Cc1c[nH]c2ccccc12)NC1CC1c1cccs1. The largest absolute Gasteiger partial charge is 0.361 e. The molecular formula is C17H16N2OS. The fourth-order valence-corrected chi connectivity index (χ4v) is 3.79. The topological polar surface area (TPSA) is 44.9 Å². The van der Waals surface area contributed by atoms with Crippen LogP contribution in [0.25, 0.3) is 10.9 Å². The molecule has 0 saturated heterocycles. The molecule has 2 unspecified atom stereocenters.